The van der Waals surface area contributed by atoms with Crippen LogP contribution in [0.25, 0.3) is 5.69 Å². The van der Waals surface area contributed by atoms with Crippen LogP contribution in [0.5, 0.6) is 0 Å². The molecule has 1 fully saturated rings. The molecular formula is C16H21ClN4O. The lowest BCUT2D eigenvalue weighted by atomic mass is 10.2. The number of hydrogen-bond donors (Lipinski definition) is 1. The molecule has 0 spiro atoms. The van der Waals surface area contributed by atoms with Gasteiger partial charge in [-0.1, -0.05) is 18.2 Å². The van der Waals surface area contributed by atoms with Crippen molar-refractivity contribution in [2.45, 2.75) is 19.4 Å². The maximum atomic E-state index is 12.6. The van der Waals surface area contributed by atoms with Crippen molar-refractivity contribution in [3.05, 3.63) is 47.8 Å². The van der Waals surface area contributed by atoms with Crippen LogP contribution >= 0.6 is 12.4 Å². The average molecular weight is 321 g/mol. The Morgan fingerprint density at radius 3 is 2.73 bits per heavy atom. The molecule has 1 aromatic heterocycles. The number of carbonyl (C=O) groups is 1. The Labute approximate surface area is 136 Å². The predicted molar refractivity (Wildman–Crippen MR) is 88.9 cm³/mol. The van der Waals surface area contributed by atoms with E-state index in [4.69, 9.17) is 0 Å². The molecule has 1 N–H and O–H groups in total. The van der Waals surface area contributed by atoms with Crippen molar-refractivity contribution in [2.24, 2.45) is 0 Å². The summed E-state index contributed by atoms with van der Waals surface area (Å²) in [6.45, 7) is 3.80. The predicted octanol–water partition coefficient (Wildman–Crippen LogP) is 2.04. The fraction of sp³-hybridized carbons (Fsp3) is 0.375. The zero-order valence-corrected chi connectivity index (χ0v) is 13.6. The number of aromatic nitrogens is 2. The number of carbonyl (C=O) groups excluding carboxylic acids is 1. The van der Waals surface area contributed by atoms with Gasteiger partial charge >= 0.3 is 0 Å². The van der Waals surface area contributed by atoms with Gasteiger partial charge in [-0.05, 0) is 38.1 Å². The Kier molecular flexibility index (Phi) is 5.21. The summed E-state index contributed by atoms with van der Waals surface area (Å²) in [6.07, 6.45) is 1.00. The third-order valence-corrected chi connectivity index (χ3v) is 4.01. The molecule has 22 heavy (non-hydrogen) atoms. The van der Waals surface area contributed by atoms with Gasteiger partial charge in [0.05, 0.1) is 5.69 Å². The number of para-hydroxylation sites is 1. The van der Waals surface area contributed by atoms with Crippen LogP contribution in [0.2, 0.25) is 0 Å². The van der Waals surface area contributed by atoms with Crippen LogP contribution in [0, 0.1) is 6.92 Å². The van der Waals surface area contributed by atoms with E-state index in [1.165, 1.54) is 0 Å². The van der Waals surface area contributed by atoms with Crippen molar-refractivity contribution in [1.29, 1.82) is 0 Å². The summed E-state index contributed by atoms with van der Waals surface area (Å²) in [5, 5.41) is 7.76. The molecule has 5 nitrogen and oxygen atoms in total. The Morgan fingerprint density at radius 1 is 1.36 bits per heavy atom. The molecular weight excluding hydrogens is 300 g/mol. The smallest absolute Gasteiger partial charge is 0.274 e. The van der Waals surface area contributed by atoms with Crippen LogP contribution in [-0.4, -0.2) is 46.8 Å². The minimum Gasteiger partial charge on any atom is -0.336 e. The third kappa shape index (κ3) is 3.15. The molecule has 1 aliphatic rings. The number of aryl methyl sites for hydroxylation is 1. The summed E-state index contributed by atoms with van der Waals surface area (Å²) in [5.41, 5.74) is 2.44. The second-order valence-electron chi connectivity index (χ2n) is 5.48. The van der Waals surface area contributed by atoms with Gasteiger partial charge in [0.15, 0.2) is 5.69 Å². The lowest BCUT2D eigenvalue weighted by Gasteiger charge is -2.22. The first-order valence-corrected chi connectivity index (χ1v) is 7.27. The molecule has 1 unspecified atom stereocenters. The molecule has 1 amide bonds. The summed E-state index contributed by atoms with van der Waals surface area (Å²) >= 11 is 0. The van der Waals surface area contributed by atoms with Gasteiger partial charge in [0, 0.05) is 25.3 Å². The topological polar surface area (TPSA) is 50.2 Å². The molecule has 2 heterocycles. The molecule has 3 rings (SSSR count). The summed E-state index contributed by atoms with van der Waals surface area (Å²) in [4.78, 5) is 14.4. The molecule has 0 radical (unpaired) electrons. The number of nitrogens with zero attached hydrogens (tertiary/aromatic N) is 3. The second kappa shape index (κ2) is 6.94. The Morgan fingerprint density at radius 2 is 2.09 bits per heavy atom. The van der Waals surface area contributed by atoms with Gasteiger partial charge in [0.25, 0.3) is 5.91 Å². The van der Waals surface area contributed by atoms with Crippen molar-refractivity contribution in [3.63, 3.8) is 0 Å². The van der Waals surface area contributed by atoms with Gasteiger partial charge in [-0.25, -0.2) is 4.68 Å². The minimum absolute atomic E-state index is 0. The van der Waals surface area contributed by atoms with E-state index >= 15 is 0 Å². The van der Waals surface area contributed by atoms with E-state index in [9.17, 15) is 4.79 Å². The van der Waals surface area contributed by atoms with Crippen molar-refractivity contribution in [1.82, 2.24) is 20.0 Å². The highest BCUT2D eigenvalue weighted by Gasteiger charge is 2.25. The molecule has 1 atom stereocenters. The van der Waals surface area contributed by atoms with E-state index in [-0.39, 0.29) is 24.4 Å². The molecule has 0 saturated carbocycles. The Bertz CT molecular complexity index is 635. The van der Waals surface area contributed by atoms with E-state index in [1.807, 2.05) is 55.1 Å². The Hall–Kier alpha value is -1.85. The van der Waals surface area contributed by atoms with Crippen LogP contribution in [0.4, 0.5) is 0 Å². The average Bonchev–Trinajstić information content (AvgIpc) is 3.16. The zero-order chi connectivity index (χ0) is 14.8. The van der Waals surface area contributed by atoms with Gasteiger partial charge in [0.1, 0.15) is 0 Å². The highest BCUT2D eigenvalue weighted by Crippen LogP contribution is 2.15. The van der Waals surface area contributed by atoms with Crippen LogP contribution in [-0.2, 0) is 0 Å². The van der Waals surface area contributed by atoms with Gasteiger partial charge in [-0.2, -0.15) is 5.10 Å². The van der Waals surface area contributed by atoms with Crippen molar-refractivity contribution in [2.75, 3.05) is 20.1 Å². The summed E-state index contributed by atoms with van der Waals surface area (Å²) in [6, 6.07) is 12.0. The lowest BCUT2D eigenvalue weighted by molar-refractivity contribution is 0.0737. The van der Waals surface area contributed by atoms with E-state index in [1.54, 1.807) is 4.90 Å². The number of nitrogens with one attached hydrogen (secondary N) is 1. The molecule has 6 heteroatoms. The first kappa shape index (κ1) is 16.5. The quantitative estimate of drug-likeness (QED) is 0.941. The van der Waals surface area contributed by atoms with Crippen LogP contribution < -0.4 is 5.32 Å². The lowest BCUT2D eigenvalue weighted by Crippen LogP contribution is -2.38. The number of likely N-dealkylation sites (N-methyl/N-ethyl adjacent to an activating group) is 1. The molecule has 1 saturated heterocycles. The normalized spacial score (nSPS) is 17.1. The number of rotatable bonds is 3. The maximum Gasteiger partial charge on any atom is 0.274 e. The number of benzene rings is 1. The highest BCUT2D eigenvalue weighted by molar-refractivity contribution is 5.92. The SMILES string of the molecule is Cc1cc(C(=O)N(C)C2CCNC2)nn1-c1ccccc1.Cl. The van der Waals surface area contributed by atoms with E-state index < -0.39 is 0 Å². The summed E-state index contributed by atoms with van der Waals surface area (Å²) in [7, 11) is 1.86. The van der Waals surface area contributed by atoms with Crippen molar-refractivity contribution < 1.29 is 4.79 Å². The first-order chi connectivity index (χ1) is 10.2. The van der Waals surface area contributed by atoms with Crippen molar-refractivity contribution >= 4 is 18.3 Å². The largest absolute Gasteiger partial charge is 0.336 e. The monoisotopic (exact) mass is 320 g/mol. The molecule has 0 bridgehead atoms. The molecule has 118 valence electrons. The van der Waals surface area contributed by atoms with E-state index in [0.29, 0.717) is 5.69 Å². The van der Waals surface area contributed by atoms with Crippen LogP contribution in [0.15, 0.2) is 36.4 Å². The van der Waals surface area contributed by atoms with Crippen LogP contribution in [0.3, 0.4) is 0 Å². The standard InChI is InChI=1S/C16H20N4O.ClH/c1-12-10-15(16(21)19(2)14-8-9-17-11-14)18-20(12)13-6-4-3-5-7-13;/h3-7,10,14,17H,8-9,11H2,1-2H3;1H. The second-order valence-corrected chi connectivity index (χ2v) is 5.48. The summed E-state index contributed by atoms with van der Waals surface area (Å²) < 4.78 is 1.81. The van der Waals surface area contributed by atoms with E-state index in [0.717, 1.165) is 30.9 Å². The molecule has 1 aliphatic heterocycles. The van der Waals surface area contributed by atoms with Gasteiger partial charge in [-0.15, -0.1) is 12.4 Å². The van der Waals surface area contributed by atoms with E-state index in [2.05, 4.69) is 10.4 Å². The van der Waals surface area contributed by atoms with Crippen LogP contribution in [0.1, 0.15) is 22.6 Å². The van der Waals surface area contributed by atoms with Crippen molar-refractivity contribution in [3.8, 4) is 5.69 Å². The fourth-order valence-corrected chi connectivity index (χ4v) is 2.73. The van der Waals surface area contributed by atoms with Gasteiger partial charge in [-0.3, -0.25) is 4.79 Å². The fourth-order valence-electron chi connectivity index (χ4n) is 2.73. The highest BCUT2D eigenvalue weighted by atomic mass is 35.5. The minimum atomic E-state index is -0.0125. The number of halogens is 1. The maximum absolute atomic E-state index is 12.6. The number of hydrogen-bond acceptors (Lipinski definition) is 3. The third-order valence-electron chi connectivity index (χ3n) is 4.01. The Balaban J connectivity index is 0.00000176. The van der Waals surface area contributed by atoms with Gasteiger partial charge < -0.3 is 10.2 Å². The summed E-state index contributed by atoms with van der Waals surface area (Å²) in [5.74, 6) is -0.0125. The molecule has 2 aromatic rings. The molecule has 1 aromatic carbocycles. The molecule has 0 aliphatic carbocycles. The first-order valence-electron chi connectivity index (χ1n) is 7.27. The van der Waals surface area contributed by atoms with Gasteiger partial charge in [0.2, 0.25) is 0 Å². The number of amides is 1. The zero-order valence-electron chi connectivity index (χ0n) is 12.8.